The van der Waals surface area contributed by atoms with Gasteiger partial charge in [0, 0.05) is 23.8 Å². The van der Waals surface area contributed by atoms with Gasteiger partial charge in [-0.25, -0.2) is 0 Å². The Bertz CT molecular complexity index is 651. The van der Waals surface area contributed by atoms with E-state index in [9.17, 15) is 14.9 Å². The fourth-order valence-corrected chi connectivity index (χ4v) is 1.69. The van der Waals surface area contributed by atoms with Crippen LogP contribution in [-0.2, 0) is 0 Å². The van der Waals surface area contributed by atoms with E-state index in [1.807, 2.05) is 0 Å². The summed E-state index contributed by atoms with van der Waals surface area (Å²) in [7, 11) is 1.54. The monoisotopic (exact) mass is 287 g/mol. The highest BCUT2D eigenvalue weighted by Gasteiger charge is 2.10. The van der Waals surface area contributed by atoms with Crippen molar-refractivity contribution >= 4 is 11.5 Å². The maximum absolute atomic E-state index is 11.9. The Morgan fingerprint density at radius 3 is 2.43 bits per heavy atom. The molecule has 2 aromatic carbocycles. The number of ether oxygens (including phenoxy) is 2. The number of rotatable bonds is 6. The molecule has 0 aliphatic heterocycles. The number of nitro benzene ring substituents is 1. The van der Waals surface area contributed by atoms with E-state index in [0.29, 0.717) is 17.1 Å². The van der Waals surface area contributed by atoms with Gasteiger partial charge in [-0.05, 0) is 24.3 Å². The van der Waals surface area contributed by atoms with Gasteiger partial charge in [0.25, 0.3) is 5.69 Å². The molecule has 108 valence electrons. The van der Waals surface area contributed by atoms with Gasteiger partial charge in [0.15, 0.2) is 12.4 Å². The number of nitro groups is 1. The minimum atomic E-state index is -0.513. The summed E-state index contributed by atoms with van der Waals surface area (Å²) in [5.74, 6) is 0.896. The first-order valence-corrected chi connectivity index (χ1v) is 6.14. The molecule has 0 saturated heterocycles. The van der Waals surface area contributed by atoms with E-state index in [1.165, 1.54) is 24.3 Å². The fraction of sp³-hybridized carbons (Fsp3) is 0.133. The van der Waals surface area contributed by atoms with Crippen LogP contribution in [-0.4, -0.2) is 24.4 Å². The molecule has 0 radical (unpaired) electrons. The second kappa shape index (κ2) is 6.51. The van der Waals surface area contributed by atoms with E-state index in [0.717, 1.165) is 0 Å². The van der Waals surface area contributed by atoms with E-state index in [1.54, 1.807) is 31.4 Å². The predicted octanol–water partition coefficient (Wildman–Crippen LogP) is 2.87. The number of Topliss-reactive ketones (excluding diaryl/α,β-unsaturated/α-hetero) is 1. The normalized spacial score (nSPS) is 9.95. The second-order valence-electron chi connectivity index (χ2n) is 4.19. The standard InChI is InChI=1S/C15H13NO5/c1-20-13-3-2-4-14(9-13)21-10-15(17)11-5-7-12(8-6-11)16(18)19/h2-9H,10H2,1H3. The summed E-state index contributed by atoms with van der Waals surface area (Å²) >= 11 is 0. The molecule has 6 nitrogen and oxygen atoms in total. The lowest BCUT2D eigenvalue weighted by atomic mass is 10.1. The lowest BCUT2D eigenvalue weighted by molar-refractivity contribution is -0.384. The van der Waals surface area contributed by atoms with Gasteiger partial charge < -0.3 is 9.47 Å². The highest BCUT2D eigenvalue weighted by molar-refractivity contribution is 5.97. The fourth-order valence-electron chi connectivity index (χ4n) is 1.69. The average molecular weight is 287 g/mol. The molecule has 0 saturated carbocycles. The maximum Gasteiger partial charge on any atom is 0.269 e. The summed E-state index contributed by atoms with van der Waals surface area (Å²) in [6.07, 6.45) is 0. The Kier molecular flexibility index (Phi) is 4.50. The molecule has 0 amide bonds. The zero-order valence-corrected chi connectivity index (χ0v) is 11.3. The largest absolute Gasteiger partial charge is 0.497 e. The Balaban J connectivity index is 1.99. The molecule has 2 rings (SSSR count). The molecular weight excluding hydrogens is 274 g/mol. The van der Waals surface area contributed by atoms with Gasteiger partial charge in [-0.2, -0.15) is 0 Å². The summed E-state index contributed by atoms with van der Waals surface area (Å²) in [5, 5.41) is 10.5. The van der Waals surface area contributed by atoms with Gasteiger partial charge in [-0.1, -0.05) is 6.07 Å². The van der Waals surface area contributed by atoms with Crippen LogP contribution in [0.2, 0.25) is 0 Å². The topological polar surface area (TPSA) is 78.7 Å². The minimum Gasteiger partial charge on any atom is -0.497 e. The van der Waals surface area contributed by atoms with Crippen LogP contribution in [0.5, 0.6) is 11.5 Å². The summed E-state index contributed by atoms with van der Waals surface area (Å²) in [6, 6.07) is 12.3. The number of methoxy groups -OCH3 is 1. The van der Waals surface area contributed by atoms with Gasteiger partial charge in [0.05, 0.1) is 12.0 Å². The summed E-state index contributed by atoms with van der Waals surface area (Å²) in [5.41, 5.74) is 0.309. The maximum atomic E-state index is 11.9. The van der Waals surface area contributed by atoms with E-state index in [2.05, 4.69) is 0 Å². The van der Waals surface area contributed by atoms with E-state index < -0.39 is 4.92 Å². The van der Waals surface area contributed by atoms with Crippen LogP contribution >= 0.6 is 0 Å². The zero-order chi connectivity index (χ0) is 15.2. The van der Waals surface area contributed by atoms with Crippen molar-refractivity contribution < 1.29 is 19.2 Å². The van der Waals surface area contributed by atoms with E-state index in [-0.39, 0.29) is 18.1 Å². The number of carbonyl (C=O) groups excluding carboxylic acids is 1. The molecule has 0 aromatic heterocycles. The van der Waals surface area contributed by atoms with Gasteiger partial charge in [-0.15, -0.1) is 0 Å². The molecule has 21 heavy (non-hydrogen) atoms. The SMILES string of the molecule is COc1cccc(OCC(=O)c2ccc([N+](=O)[O-])cc2)c1. The number of nitrogens with zero attached hydrogens (tertiary/aromatic N) is 1. The molecule has 0 heterocycles. The molecule has 0 spiro atoms. The van der Waals surface area contributed by atoms with Crippen molar-refractivity contribution in [3.63, 3.8) is 0 Å². The highest BCUT2D eigenvalue weighted by atomic mass is 16.6. The number of non-ortho nitro benzene ring substituents is 1. The summed E-state index contributed by atoms with van der Waals surface area (Å²) in [4.78, 5) is 22.0. The Morgan fingerprint density at radius 1 is 1.14 bits per heavy atom. The minimum absolute atomic E-state index is 0.0553. The summed E-state index contributed by atoms with van der Waals surface area (Å²) < 4.78 is 10.4. The van der Waals surface area contributed by atoms with Crippen molar-refractivity contribution in [2.24, 2.45) is 0 Å². The smallest absolute Gasteiger partial charge is 0.269 e. The number of ketones is 1. The number of hydrogen-bond donors (Lipinski definition) is 0. The Labute approximate surface area is 121 Å². The number of hydrogen-bond acceptors (Lipinski definition) is 5. The van der Waals surface area contributed by atoms with Crippen LogP contribution in [0, 0.1) is 10.1 Å². The molecule has 0 unspecified atom stereocenters. The van der Waals surface area contributed by atoms with E-state index >= 15 is 0 Å². The molecule has 0 fully saturated rings. The van der Waals surface area contributed by atoms with Crippen molar-refractivity contribution in [1.29, 1.82) is 0 Å². The molecule has 0 N–H and O–H groups in total. The highest BCUT2D eigenvalue weighted by Crippen LogP contribution is 2.19. The van der Waals surface area contributed by atoms with Crippen LogP contribution in [0.3, 0.4) is 0 Å². The van der Waals surface area contributed by atoms with Crippen molar-refractivity contribution in [2.75, 3.05) is 13.7 Å². The number of benzene rings is 2. The molecule has 0 aliphatic rings. The van der Waals surface area contributed by atoms with Crippen LogP contribution in [0.15, 0.2) is 48.5 Å². The zero-order valence-electron chi connectivity index (χ0n) is 11.3. The molecular formula is C15H13NO5. The third-order valence-corrected chi connectivity index (χ3v) is 2.81. The van der Waals surface area contributed by atoms with Crippen molar-refractivity contribution in [3.05, 3.63) is 64.2 Å². The molecule has 0 bridgehead atoms. The first-order chi connectivity index (χ1) is 10.1. The Morgan fingerprint density at radius 2 is 1.81 bits per heavy atom. The molecule has 2 aromatic rings. The van der Waals surface area contributed by atoms with Crippen molar-refractivity contribution in [2.45, 2.75) is 0 Å². The Hall–Kier alpha value is -2.89. The predicted molar refractivity (Wildman–Crippen MR) is 75.9 cm³/mol. The van der Waals surface area contributed by atoms with Gasteiger partial charge in [0.2, 0.25) is 0 Å². The molecule has 6 heteroatoms. The number of carbonyl (C=O) groups is 1. The third kappa shape index (κ3) is 3.79. The van der Waals surface area contributed by atoms with Gasteiger partial charge in [-0.3, -0.25) is 14.9 Å². The average Bonchev–Trinajstić information content (AvgIpc) is 2.53. The lowest BCUT2D eigenvalue weighted by Gasteiger charge is -2.07. The van der Waals surface area contributed by atoms with Gasteiger partial charge >= 0.3 is 0 Å². The quantitative estimate of drug-likeness (QED) is 0.463. The summed E-state index contributed by atoms with van der Waals surface area (Å²) in [6.45, 7) is -0.148. The van der Waals surface area contributed by atoms with Crippen molar-refractivity contribution in [1.82, 2.24) is 0 Å². The van der Waals surface area contributed by atoms with Crippen molar-refractivity contribution in [3.8, 4) is 11.5 Å². The first-order valence-electron chi connectivity index (χ1n) is 6.14. The molecule has 0 atom stereocenters. The second-order valence-corrected chi connectivity index (χ2v) is 4.19. The van der Waals surface area contributed by atoms with Crippen LogP contribution < -0.4 is 9.47 Å². The van der Waals surface area contributed by atoms with Crippen LogP contribution in [0.1, 0.15) is 10.4 Å². The third-order valence-electron chi connectivity index (χ3n) is 2.81. The van der Waals surface area contributed by atoms with Crippen LogP contribution in [0.25, 0.3) is 0 Å². The van der Waals surface area contributed by atoms with E-state index in [4.69, 9.17) is 9.47 Å². The van der Waals surface area contributed by atoms with Crippen LogP contribution in [0.4, 0.5) is 5.69 Å². The lowest BCUT2D eigenvalue weighted by Crippen LogP contribution is -2.11. The van der Waals surface area contributed by atoms with Gasteiger partial charge in [0.1, 0.15) is 11.5 Å². The molecule has 0 aliphatic carbocycles. The first kappa shape index (κ1) is 14.5.